The molecular formula is C17H21F3N2O4. The van der Waals surface area contributed by atoms with Gasteiger partial charge in [-0.25, -0.2) is 0 Å². The number of benzene rings is 1. The van der Waals surface area contributed by atoms with E-state index in [-0.39, 0.29) is 37.8 Å². The highest BCUT2D eigenvalue weighted by atomic mass is 19.4. The molecule has 1 aliphatic rings. The van der Waals surface area contributed by atoms with Crippen LogP contribution < -0.4 is 0 Å². The minimum atomic E-state index is -4.51. The van der Waals surface area contributed by atoms with Crippen molar-refractivity contribution >= 4 is 11.9 Å². The largest absolute Gasteiger partial charge is 0.480 e. The van der Waals surface area contributed by atoms with Gasteiger partial charge in [-0.3, -0.25) is 14.5 Å². The number of hydrogen-bond donors (Lipinski definition) is 1. The Morgan fingerprint density at radius 2 is 2.04 bits per heavy atom. The molecule has 0 radical (unpaired) electrons. The van der Waals surface area contributed by atoms with Crippen molar-refractivity contribution in [2.24, 2.45) is 0 Å². The molecule has 0 bridgehead atoms. The number of carbonyl (C=O) groups is 2. The number of alkyl halides is 3. The highest BCUT2D eigenvalue weighted by Crippen LogP contribution is 2.32. The lowest BCUT2D eigenvalue weighted by molar-refractivity contribution is -0.143. The first-order valence-electron chi connectivity index (χ1n) is 8.11. The molecule has 1 heterocycles. The lowest BCUT2D eigenvalue weighted by Crippen LogP contribution is -2.50. The predicted octanol–water partition coefficient (Wildman–Crippen LogP) is 1.49. The number of carboxylic acids is 1. The second-order valence-electron chi connectivity index (χ2n) is 6.25. The lowest BCUT2D eigenvalue weighted by Gasteiger charge is -2.34. The van der Waals surface area contributed by atoms with Crippen LogP contribution in [0.3, 0.4) is 0 Å². The quantitative estimate of drug-likeness (QED) is 0.817. The molecule has 1 fully saturated rings. The molecule has 2 rings (SSSR count). The van der Waals surface area contributed by atoms with Crippen LogP contribution >= 0.6 is 0 Å². The van der Waals surface area contributed by atoms with Crippen molar-refractivity contribution in [2.45, 2.75) is 18.7 Å². The van der Waals surface area contributed by atoms with Gasteiger partial charge in [-0.15, -0.1) is 0 Å². The van der Waals surface area contributed by atoms with E-state index in [1.54, 1.807) is 11.9 Å². The number of nitrogens with zero attached hydrogens (tertiary/aromatic N) is 2. The minimum Gasteiger partial charge on any atom is -0.480 e. The normalized spacial score (nSPS) is 18.2. The van der Waals surface area contributed by atoms with Crippen molar-refractivity contribution in [1.82, 2.24) is 9.80 Å². The van der Waals surface area contributed by atoms with E-state index < -0.39 is 23.6 Å². The van der Waals surface area contributed by atoms with E-state index in [1.807, 2.05) is 0 Å². The van der Waals surface area contributed by atoms with Crippen LogP contribution in [0.5, 0.6) is 0 Å². The van der Waals surface area contributed by atoms with Crippen molar-refractivity contribution in [1.29, 1.82) is 0 Å². The second kappa shape index (κ2) is 8.50. The standard InChI is InChI=1S/C17H21F3N2O4/c1-21(11-16(24)25)9-13-10-22(6-7-26-13)15(23)8-12-4-2-3-5-14(12)17(18,19)20/h2-5,13H,6-11H2,1H3,(H,24,25)/t13-/m1/s1. The number of amides is 1. The van der Waals surface area contributed by atoms with Crippen LogP contribution in [-0.4, -0.2) is 72.7 Å². The number of ether oxygens (including phenoxy) is 1. The molecule has 1 aromatic carbocycles. The maximum Gasteiger partial charge on any atom is 0.416 e. The highest BCUT2D eigenvalue weighted by molar-refractivity contribution is 5.79. The summed E-state index contributed by atoms with van der Waals surface area (Å²) in [5.41, 5.74) is -0.865. The van der Waals surface area contributed by atoms with Crippen molar-refractivity contribution in [3.8, 4) is 0 Å². The molecular weight excluding hydrogens is 353 g/mol. The Balaban J connectivity index is 1.99. The summed E-state index contributed by atoms with van der Waals surface area (Å²) in [6, 6.07) is 5.03. The van der Waals surface area contributed by atoms with Gasteiger partial charge in [0, 0.05) is 19.6 Å². The fraction of sp³-hybridized carbons (Fsp3) is 0.529. The lowest BCUT2D eigenvalue weighted by atomic mass is 10.0. The second-order valence-corrected chi connectivity index (χ2v) is 6.25. The molecule has 0 aromatic heterocycles. The number of halogens is 3. The summed E-state index contributed by atoms with van der Waals surface area (Å²) in [4.78, 5) is 26.2. The fourth-order valence-corrected chi connectivity index (χ4v) is 2.93. The first-order valence-corrected chi connectivity index (χ1v) is 8.11. The van der Waals surface area contributed by atoms with Crippen molar-refractivity contribution < 1.29 is 32.6 Å². The molecule has 0 aliphatic carbocycles. The SMILES string of the molecule is CN(CC(=O)O)C[C@@H]1CN(C(=O)Cc2ccccc2C(F)(F)F)CCO1. The van der Waals surface area contributed by atoms with Gasteiger partial charge in [-0.1, -0.05) is 18.2 Å². The summed E-state index contributed by atoms with van der Waals surface area (Å²) in [7, 11) is 1.62. The van der Waals surface area contributed by atoms with Gasteiger partial charge in [0.05, 0.1) is 31.2 Å². The third kappa shape index (κ3) is 5.70. The van der Waals surface area contributed by atoms with Gasteiger partial charge in [-0.05, 0) is 18.7 Å². The highest BCUT2D eigenvalue weighted by Gasteiger charge is 2.34. The van der Waals surface area contributed by atoms with Gasteiger partial charge < -0.3 is 14.7 Å². The van der Waals surface area contributed by atoms with Gasteiger partial charge in [-0.2, -0.15) is 13.2 Å². The molecule has 0 spiro atoms. The Labute approximate surface area is 149 Å². The van der Waals surface area contributed by atoms with E-state index in [0.29, 0.717) is 13.1 Å². The maximum absolute atomic E-state index is 13.1. The monoisotopic (exact) mass is 374 g/mol. The van der Waals surface area contributed by atoms with Gasteiger partial charge in [0.1, 0.15) is 0 Å². The molecule has 26 heavy (non-hydrogen) atoms. The van der Waals surface area contributed by atoms with Crippen LogP contribution in [0.4, 0.5) is 13.2 Å². The molecule has 1 amide bonds. The molecule has 0 unspecified atom stereocenters. The summed E-state index contributed by atoms with van der Waals surface area (Å²) in [6.45, 7) is 0.934. The summed E-state index contributed by atoms with van der Waals surface area (Å²) in [6.07, 6.45) is -5.23. The van der Waals surface area contributed by atoms with Crippen LogP contribution in [0, 0.1) is 0 Å². The maximum atomic E-state index is 13.1. The van der Waals surface area contributed by atoms with Crippen molar-refractivity contribution in [2.75, 3.05) is 39.8 Å². The van der Waals surface area contributed by atoms with Gasteiger partial charge in [0.2, 0.25) is 5.91 Å². The molecule has 9 heteroatoms. The van der Waals surface area contributed by atoms with E-state index in [2.05, 4.69) is 0 Å². The number of aliphatic carboxylic acids is 1. The minimum absolute atomic E-state index is 0.0592. The third-order valence-corrected chi connectivity index (χ3v) is 4.08. The number of carboxylic acid groups (broad SMARTS) is 1. The van der Waals surface area contributed by atoms with Crippen LogP contribution in [0.15, 0.2) is 24.3 Å². The number of morpholine rings is 1. The van der Waals surface area contributed by atoms with Crippen LogP contribution in [0.25, 0.3) is 0 Å². The predicted molar refractivity (Wildman–Crippen MR) is 86.6 cm³/mol. The molecule has 1 saturated heterocycles. The van der Waals surface area contributed by atoms with E-state index in [1.165, 1.54) is 23.1 Å². The topological polar surface area (TPSA) is 70.1 Å². The molecule has 6 nitrogen and oxygen atoms in total. The summed E-state index contributed by atoms with van der Waals surface area (Å²) < 4.78 is 44.7. The van der Waals surface area contributed by atoms with Gasteiger partial charge in [0.25, 0.3) is 0 Å². The van der Waals surface area contributed by atoms with Crippen LogP contribution in [0.2, 0.25) is 0 Å². The molecule has 1 atom stereocenters. The number of likely N-dealkylation sites (N-methyl/N-ethyl adjacent to an activating group) is 1. The van der Waals surface area contributed by atoms with E-state index in [0.717, 1.165) is 6.07 Å². The van der Waals surface area contributed by atoms with Crippen molar-refractivity contribution in [3.05, 3.63) is 35.4 Å². The number of rotatable bonds is 6. The average Bonchev–Trinajstić information content (AvgIpc) is 2.53. The molecule has 144 valence electrons. The van der Waals surface area contributed by atoms with E-state index in [4.69, 9.17) is 9.84 Å². The molecule has 1 aliphatic heterocycles. The zero-order chi connectivity index (χ0) is 19.3. The first kappa shape index (κ1) is 20.2. The van der Waals surface area contributed by atoms with Gasteiger partial charge in [0.15, 0.2) is 0 Å². The fourth-order valence-electron chi connectivity index (χ4n) is 2.93. The average molecular weight is 374 g/mol. The Kier molecular flexibility index (Phi) is 6.60. The first-order chi connectivity index (χ1) is 12.2. The van der Waals surface area contributed by atoms with E-state index >= 15 is 0 Å². The molecule has 0 saturated carbocycles. The van der Waals surface area contributed by atoms with Crippen LogP contribution in [-0.2, 0) is 26.9 Å². The van der Waals surface area contributed by atoms with Gasteiger partial charge >= 0.3 is 12.1 Å². The van der Waals surface area contributed by atoms with E-state index in [9.17, 15) is 22.8 Å². The Morgan fingerprint density at radius 3 is 2.69 bits per heavy atom. The Morgan fingerprint density at radius 1 is 1.35 bits per heavy atom. The Hall–Kier alpha value is -2.13. The summed E-state index contributed by atoms with van der Waals surface area (Å²) in [5, 5.41) is 8.77. The smallest absolute Gasteiger partial charge is 0.416 e. The number of hydrogen-bond acceptors (Lipinski definition) is 4. The van der Waals surface area contributed by atoms with Crippen molar-refractivity contribution in [3.63, 3.8) is 0 Å². The molecule has 1 aromatic rings. The van der Waals surface area contributed by atoms with Crippen LogP contribution in [0.1, 0.15) is 11.1 Å². The number of carbonyl (C=O) groups excluding carboxylic acids is 1. The zero-order valence-corrected chi connectivity index (χ0v) is 14.3. The zero-order valence-electron chi connectivity index (χ0n) is 14.3. The summed E-state index contributed by atoms with van der Waals surface area (Å²) >= 11 is 0. The summed E-state index contributed by atoms with van der Waals surface area (Å²) in [5.74, 6) is -1.38. The Bertz CT molecular complexity index is 651. The molecule has 1 N–H and O–H groups in total. The third-order valence-electron chi connectivity index (χ3n) is 4.08.